The van der Waals surface area contributed by atoms with E-state index in [1.165, 1.54) is 7.11 Å². The Labute approximate surface area is 109 Å². The van der Waals surface area contributed by atoms with Gasteiger partial charge in [-0.05, 0) is 19.8 Å². The van der Waals surface area contributed by atoms with Gasteiger partial charge in [-0.2, -0.15) is 0 Å². The van der Waals surface area contributed by atoms with Gasteiger partial charge >= 0.3 is 0 Å². The highest BCUT2D eigenvalue weighted by atomic mass is 16.5. The zero-order chi connectivity index (χ0) is 14.1. The Morgan fingerprint density at radius 2 is 1.78 bits per heavy atom. The Morgan fingerprint density at radius 3 is 2.22 bits per heavy atom. The van der Waals surface area contributed by atoms with Crippen molar-refractivity contribution >= 4 is 11.7 Å². The van der Waals surface area contributed by atoms with Crippen LogP contribution in [0.1, 0.15) is 46.5 Å². The van der Waals surface area contributed by atoms with Gasteiger partial charge in [0.1, 0.15) is 12.0 Å². The molecule has 3 N–H and O–H groups in total. The van der Waals surface area contributed by atoms with Crippen LogP contribution >= 0.6 is 0 Å². The standard InChI is InChI=1S/C13H26N2O3/c1-9(2)11(16)6-8-13(18-4)15-12(17)7-5-10(3)14/h9-10,13H,5-8,14H2,1-4H3,(H,15,17). The molecule has 0 aromatic heterocycles. The quantitative estimate of drug-likeness (QED) is 0.609. The van der Waals surface area contributed by atoms with Crippen LogP contribution in [-0.4, -0.2) is 31.1 Å². The second kappa shape index (κ2) is 9.05. The summed E-state index contributed by atoms with van der Waals surface area (Å²) in [4.78, 5) is 23.0. The number of ether oxygens (including phenoxy) is 1. The van der Waals surface area contributed by atoms with Gasteiger partial charge in [0.2, 0.25) is 5.91 Å². The lowest BCUT2D eigenvalue weighted by Crippen LogP contribution is -2.37. The lowest BCUT2D eigenvalue weighted by atomic mass is 10.0. The number of methoxy groups -OCH3 is 1. The maximum atomic E-state index is 11.6. The van der Waals surface area contributed by atoms with Gasteiger partial charge in [-0.25, -0.2) is 0 Å². The second-order valence-electron chi connectivity index (χ2n) is 4.97. The van der Waals surface area contributed by atoms with Crippen LogP contribution in [0, 0.1) is 5.92 Å². The first-order valence-electron chi connectivity index (χ1n) is 6.47. The van der Waals surface area contributed by atoms with Crippen LogP contribution in [0.3, 0.4) is 0 Å². The summed E-state index contributed by atoms with van der Waals surface area (Å²) < 4.78 is 5.14. The zero-order valence-electron chi connectivity index (χ0n) is 11.9. The molecule has 0 aliphatic heterocycles. The van der Waals surface area contributed by atoms with Gasteiger partial charge in [0, 0.05) is 31.9 Å². The van der Waals surface area contributed by atoms with Crippen LogP contribution in [0.15, 0.2) is 0 Å². The predicted octanol–water partition coefficient (Wildman–Crippen LogP) is 1.21. The van der Waals surface area contributed by atoms with E-state index in [0.717, 1.165) is 0 Å². The third kappa shape index (κ3) is 8.20. The molecule has 0 bridgehead atoms. The van der Waals surface area contributed by atoms with Crippen LogP contribution in [0.4, 0.5) is 0 Å². The first-order valence-corrected chi connectivity index (χ1v) is 6.47. The van der Waals surface area contributed by atoms with Crippen molar-refractivity contribution in [2.45, 2.75) is 58.7 Å². The number of Topliss-reactive ketones (excluding diaryl/α,β-unsaturated/α-hetero) is 1. The van der Waals surface area contributed by atoms with E-state index in [0.29, 0.717) is 25.7 Å². The Balaban J connectivity index is 3.96. The summed E-state index contributed by atoms with van der Waals surface area (Å²) in [7, 11) is 1.52. The minimum atomic E-state index is -0.395. The van der Waals surface area contributed by atoms with E-state index in [1.807, 2.05) is 20.8 Å². The minimum Gasteiger partial charge on any atom is -0.362 e. The summed E-state index contributed by atoms with van der Waals surface area (Å²) in [6.07, 6.45) is 1.57. The molecular formula is C13H26N2O3. The SMILES string of the molecule is COC(CCC(=O)C(C)C)NC(=O)CCC(C)N. The summed E-state index contributed by atoms with van der Waals surface area (Å²) in [6, 6.07) is 0.0132. The summed E-state index contributed by atoms with van der Waals surface area (Å²) in [5.74, 6) is 0.120. The maximum Gasteiger partial charge on any atom is 0.222 e. The number of rotatable bonds is 9. The molecule has 0 fully saturated rings. The van der Waals surface area contributed by atoms with Crippen LogP contribution in [0.5, 0.6) is 0 Å². The number of carbonyl (C=O) groups excluding carboxylic acids is 2. The molecular weight excluding hydrogens is 232 g/mol. The highest BCUT2D eigenvalue weighted by Crippen LogP contribution is 2.06. The summed E-state index contributed by atoms with van der Waals surface area (Å²) >= 11 is 0. The van der Waals surface area contributed by atoms with Crippen molar-refractivity contribution in [3.8, 4) is 0 Å². The smallest absolute Gasteiger partial charge is 0.222 e. The first-order chi connectivity index (χ1) is 8.36. The molecule has 0 saturated heterocycles. The minimum absolute atomic E-state index is 0.0132. The monoisotopic (exact) mass is 258 g/mol. The van der Waals surface area contributed by atoms with E-state index < -0.39 is 6.23 Å². The normalized spacial score (nSPS) is 14.3. The fraction of sp³-hybridized carbons (Fsp3) is 0.846. The number of nitrogens with one attached hydrogen (secondary N) is 1. The van der Waals surface area contributed by atoms with Crippen molar-refractivity contribution in [1.29, 1.82) is 0 Å². The average Bonchev–Trinajstić information content (AvgIpc) is 2.31. The highest BCUT2D eigenvalue weighted by Gasteiger charge is 2.15. The van der Waals surface area contributed by atoms with Crippen LogP contribution < -0.4 is 11.1 Å². The number of hydrogen-bond donors (Lipinski definition) is 2. The third-order valence-corrected chi connectivity index (χ3v) is 2.73. The molecule has 0 aromatic carbocycles. The largest absolute Gasteiger partial charge is 0.362 e. The summed E-state index contributed by atoms with van der Waals surface area (Å²) in [6.45, 7) is 5.60. The van der Waals surface area contributed by atoms with Crippen LogP contribution in [-0.2, 0) is 14.3 Å². The zero-order valence-corrected chi connectivity index (χ0v) is 11.9. The first kappa shape index (κ1) is 17.1. The highest BCUT2D eigenvalue weighted by molar-refractivity contribution is 5.80. The van der Waals surface area contributed by atoms with Crippen LogP contribution in [0.25, 0.3) is 0 Å². The van der Waals surface area contributed by atoms with Gasteiger partial charge in [0.25, 0.3) is 0 Å². The van der Waals surface area contributed by atoms with Crippen LogP contribution in [0.2, 0.25) is 0 Å². The topological polar surface area (TPSA) is 81.4 Å². The van der Waals surface area contributed by atoms with Gasteiger partial charge in [-0.1, -0.05) is 13.8 Å². The van der Waals surface area contributed by atoms with Crippen molar-refractivity contribution in [2.75, 3.05) is 7.11 Å². The molecule has 0 radical (unpaired) electrons. The molecule has 18 heavy (non-hydrogen) atoms. The maximum absolute atomic E-state index is 11.6. The Morgan fingerprint density at radius 1 is 1.17 bits per heavy atom. The van der Waals surface area contributed by atoms with Gasteiger partial charge in [0.05, 0.1) is 0 Å². The van der Waals surface area contributed by atoms with Gasteiger partial charge in [-0.3, -0.25) is 9.59 Å². The van der Waals surface area contributed by atoms with Gasteiger partial charge in [0.15, 0.2) is 0 Å². The molecule has 0 aliphatic carbocycles. The number of ketones is 1. The summed E-state index contributed by atoms with van der Waals surface area (Å²) in [5.41, 5.74) is 5.58. The van der Waals surface area contributed by atoms with Crippen molar-refractivity contribution < 1.29 is 14.3 Å². The van der Waals surface area contributed by atoms with E-state index in [4.69, 9.17) is 10.5 Å². The third-order valence-electron chi connectivity index (χ3n) is 2.73. The number of carbonyl (C=O) groups is 2. The van der Waals surface area contributed by atoms with E-state index in [1.54, 1.807) is 0 Å². The lowest BCUT2D eigenvalue weighted by molar-refractivity contribution is -0.127. The number of amides is 1. The molecule has 5 nitrogen and oxygen atoms in total. The van der Waals surface area contributed by atoms with E-state index in [9.17, 15) is 9.59 Å². The lowest BCUT2D eigenvalue weighted by Gasteiger charge is -2.17. The summed E-state index contributed by atoms with van der Waals surface area (Å²) in [5, 5.41) is 2.75. The molecule has 2 unspecified atom stereocenters. The Hall–Kier alpha value is -0.940. The molecule has 0 aromatic rings. The average molecular weight is 258 g/mol. The van der Waals surface area contributed by atoms with Crippen molar-refractivity contribution in [2.24, 2.45) is 11.7 Å². The molecule has 0 spiro atoms. The van der Waals surface area contributed by atoms with Gasteiger partial charge < -0.3 is 15.8 Å². The van der Waals surface area contributed by atoms with Crippen molar-refractivity contribution in [3.05, 3.63) is 0 Å². The van der Waals surface area contributed by atoms with Crippen molar-refractivity contribution in [1.82, 2.24) is 5.32 Å². The predicted molar refractivity (Wildman–Crippen MR) is 70.9 cm³/mol. The number of nitrogens with two attached hydrogens (primary N) is 1. The van der Waals surface area contributed by atoms with E-state index in [-0.39, 0.29) is 23.7 Å². The van der Waals surface area contributed by atoms with Gasteiger partial charge in [-0.15, -0.1) is 0 Å². The Bertz CT molecular complexity index is 265. The fourth-order valence-electron chi connectivity index (χ4n) is 1.42. The fourth-order valence-corrected chi connectivity index (χ4v) is 1.42. The van der Waals surface area contributed by atoms with Crippen molar-refractivity contribution in [3.63, 3.8) is 0 Å². The second-order valence-corrected chi connectivity index (χ2v) is 4.97. The Kier molecular flexibility index (Phi) is 8.58. The van der Waals surface area contributed by atoms with E-state index >= 15 is 0 Å². The number of hydrogen-bond acceptors (Lipinski definition) is 4. The molecule has 106 valence electrons. The molecule has 0 saturated carbocycles. The molecule has 0 rings (SSSR count). The van der Waals surface area contributed by atoms with E-state index in [2.05, 4.69) is 5.32 Å². The molecule has 0 heterocycles. The molecule has 1 amide bonds. The molecule has 2 atom stereocenters. The molecule has 0 aliphatic rings. The molecule has 5 heteroatoms.